The average molecular weight is 298 g/mol. The number of hydrogen-bond donors (Lipinski definition) is 1. The van der Waals surface area contributed by atoms with Gasteiger partial charge in [-0.1, -0.05) is 25.1 Å². The second-order valence-corrected chi connectivity index (χ2v) is 4.73. The molecule has 1 atom stereocenters. The predicted molar refractivity (Wildman–Crippen MR) is 70.9 cm³/mol. The molecule has 1 unspecified atom stereocenters. The fourth-order valence-electron chi connectivity index (χ4n) is 2.27. The van der Waals surface area contributed by atoms with E-state index in [0.29, 0.717) is 0 Å². The van der Waals surface area contributed by atoms with Crippen LogP contribution in [-0.4, -0.2) is 4.98 Å². The summed E-state index contributed by atoms with van der Waals surface area (Å²) < 4.78 is 52.4. The molecule has 1 heterocycles. The molecule has 2 aromatic rings. The molecule has 0 saturated heterocycles. The molecule has 1 aromatic carbocycles. The minimum atomic E-state index is -4.52. The largest absolute Gasteiger partial charge is 0.416 e. The summed E-state index contributed by atoms with van der Waals surface area (Å²) in [6.45, 7) is 1.66. The topological polar surface area (TPSA) is 38.9 Å². The Balaban J connectivity index is 2.63. The number of nitrogens with two attached hydrogens (primary N) is 1. The Morgan fingerprint density at radius 1 is 1.05 bits per heavy atom. The lowest BCUT2D eigenvalue weighted by molar-refractivity contribution is -0.138. The van der Waals surface area contributed by atoms with Gasteiger partial charge in [0.15, 0.2) is 0 Å². The Morgan fingerprint density at radius 3 is 2.14 bits per heavy atom. The van der Waals surface area contributed by atoms with Crippen molar-refractivity contribution >= 4 is 0 Å². The van der Waals surface area contributed by atoms with E-state index < -0.39 is 23.1 Å². The van der Waals surface area contributed by atoms with Gasteiger partial charge in [0.2, 0.25) is 0 Å². The van der Waals surface area contributed by atoms with Crippen LogP contribution >= 0.6 is 0 Å². The van der Waals surface area contributed by atoms with E-state index in [2.05, 4.69) is 4.98 Å². The molecule has 0 spiro atoms. The van der Waals surface area contributed by atoms with E-state index in [4.69, 9.17) is 5.73 Å². The standard InChI is InChI=1S/C15H14F4N2/c1-2-14(20,13-8-7-10(16)9-21-13)11-5-3-4-6-12(11)15(17,18)19/h3-9H,2,20H2,1H3. The monoisotopic (exact) mass is 298 g/mol. The maximum Gasteiger partial charge on any atom is 0.416 e. The molecule has 0 bridgehead atoms. The second kappa shape index (κ2) is 5.44. The highest BCUT2D eigenvalue weighted by molar-refractivity contribution is 5.41. The van der Waals surface area contributed by atoms with E-state index in [1.807, 2.05) is 0 Å². The first kappa shape index (κ1) is 15.4. The van der Waals surface area contributed by atoms with Gasteiger partial charge in [-0.15, -0.1) is 0 Å². The summed E-state index contributed by atoms with van der Waals surface area (Å²) >= 11 is 0. The molecule has 2 rings (SSSR count). The van der Waals surface area contributed by atoms with Crippen LogP contribution in [0.15, 0.2) is 42.6 Å². The molecule has 6 heteroatoms. The minimum Gasteiger partial charge on any atom is -0.316 e. The van der Waals surface area contributed by atoms with Crippen LogP contribution < -0.4 is 5.73 Å². The molecule has 0 aliphatic heterocycles. The lowest BCUT2D eigenvalue weighted by atomic mass is 9.82. The van der Waals surface area contributed by atoms with Crippen molar-refractivity contribution in [1.29, 1.82) is 0 Å². The van der Waals surface area contributed by atoms with Gasteiger partial charge in [0.05, 0.1) is 23.0 Å². The quantitative estimate of drug-likeness (QED) is 0.874. The van der Waals surface area contributed by atoms with Crippen molar-refractivity contribution < 1.29 is 17.6 Å². The van der Waals surface area contributed by atoms with Crippen LogP contribution in [0.25, 0.3) is 0 Å². The zero-order chi connectivity index (χ0) is 15.7. The zero-order valence-electron chi connectivity index (χ0n) is 11.3. The van der Waals surface area contributed by atoms with Gasteiger partial charge in [-0.2, -0.15) is 13.2 Å². The van der Waals surface area contributed by atoms with Crippen LogP contribution in [0.2, 0.25) is 0 Å². The Hall–Kier alpha value is -1.95. The summed E-state index contributed by atoms with van der Waals surface area (Å²) in [7, 11) is 0. The normalized spacial score (nSPS) is 14.8. The molecule has 2 N–H and O–H groups in total. The van der Waals surface area contributed by atoms with Crippen molar-refractivity contribution in [2.75, 3.05) is 0 Å². The molecule has 21 heavy (non-hydrogen) atoms. The summed E-state index contributed by atoms with van der Waals surface area (Å²) in [4.78, 5) is 3.85. The molecule has 0 aliphatic carbocycles. The number of benzene rings is 1. The summed E-state index contributed by atoms with van der Waals surface area (Å²) in [5.74, 6) is -0.568. The maximum absolute atomic E-state index is 13.2. The fourth-order valence-corrected chi connectivity index (χ4v) is 2.27. The van der Waals surface area contributed by atoms with Crippen molar-refractivity contribution in [1.82, 2.24) is 4.98 Å². The SMILES string of the molecule is CCC(N)(c1ccc(F)cn1)c1ccccc1C(F)(F)F. The molecule has 112 valence electrons. The molecule has 0 aliphatic rings. The average Bonchev–Trinajstić information content (AvgIpc) is 2.46. The first-order valence-corrected chi connectivity index (χ1v) is 6.36. The van der Waals surface area contributed by atoms with Crippen LogP contribution in [0.5, 0.6) is 0 Å². The summed E-state index contributed by atoms with van der Waals surface area (Å²) in [5, 5.41) is 0. The van der Waals surface area contributed by atoms with Gasteiger partial charge in [-0.3, -0.25) is 4.98 Å². The van der Waals surface area contributed by atoms with Crippen LogP contribution in [0, 0.1) is 5.82 Å². The molecule has 0 radical (unpaired) electrons. The molecule has 0 saturated carbocycles. The highest BCUT2D eigenvalue weighted by Gasteiger charge is 2.40. The Bertz CT molecular complexity index is 622. The maximum atomic E-state index is 13.2. The van der Waals surface area contributed by atoms with E-state index in [1.165, 1.54) is 24.3 Å². The van der Waals surface area contributed by atoms with Crippen LogP contribution in [0.3, 0.4) is 0 Å². The second-order valence-electron chi connectivity index (χ2n) is 4.73. The lowest BCUT2D eigenvalue weighted by Gasteiger charge is -2.30. The zero-order valence-corrected chi connectivity index (χ0v) is 11.3. The van der Waals surface area contributed by atoms with Gasteiger partial charge in [-0.05, 0) is 30.2 Å². The van der Waals surface area contributed by atoms with Gasteiger partial charge in [0, 0.05) is 0 Å². The number of pyridine rings is 1. The first-order chi connectivity index (χ1) is 9.79. The van der Waals surface area contributed by atoms with Gasteiger partial charge < -0.3 is 5.73 Å². The highest BCUT2D eigenvalue weighted by Crippen LogP contribution is 2.39. The van der Waals surface area contributed by atoms with E-state index in [9.17, 15) is 17.6 Å². The van der Waals surface area contributed by atoms with Crippen molar-refractivity contribution in [3.05, 3.63) is 65.2 Å². The van der Waals surface area contributed by atoms with Crippen molar-refractivity contribution in [2.45, 2.75) is 25.1 Å². The summed E-state index contributed by atoms with van der Waals surface area (Å²) in [6.07, 6.45) is -3.38. The van der Waals surface area contributed by atoms with Crippen molar-refractivity contribution in [3.63, 3.8) is 0 Å². The Labute approximate surface area is 119 Å². The molecular weight excluding hydrogens is 284 g/mol. The van der Waals surface area contributed by atoms with Crippen LogP contribution in [0.4, 0.5) is 17.6 Å². The number of aromatic nitrogens is 1. The van der Waals surface area contributed by atoms with Gasteiger partial charge >= 0.3 is 6.18 Å². The van der Waals surface area contributed by atoms with Crippen LogP contribution in [0.1, 0.15) is 30.2 Å². The molecule has 2 nitrogen and oxygen atoms in total. The third kappa shape index (κ3) is 2.90. The number of halogens is 4. The van der Waals surface area contributed by atoms with Gasteiger partial charge in [0.1, 0.15) is 5.82 Å². The third-order valence-corrected chi connectivity index (χ3v) is 3.46. The molecular formula is C15H14F4N2. The van der Waals surface area contributed by atoms with Crippen LogP contribution in [-0.2, 0) is 11.7 Å². The number of rotatable bonds is 3. The van der Waals surface area contributed by atoms with E-state index in [0.717, 1.165) is 18.3 Å². The fraction of sp³-hybridized carbons (Fsp3) is 0.267. The Morgan fingerprint density at radius 2 is 1.67 bits per heavy atom. The minimum absolute atomic E-state index is 0.0703. The van der Waals surface area contributed by atoms with E-state index >= 15 is 0 Å². The summed E-state index contributed by atoms with van der Waals surface area (Å²) in [5.41, 5.74) is 4.09. The van der Waals surface area contributed by atoms with E-state index in [-0.39, 0.29) is 17.7 Å². The smallest absolute Gasteiger partial charge is 0.316 e. The number of hydrogen-bond acceptors (Lipinski definition) is 2. The Kier molecular flexibility index (Phi) is 4.00. The van der Waals surface area contributed by atoms with Gasteiger partial charge in [0.25, 0.3) is 0 Å². The number of nitrogens with zero attached hydrogens (tertiary/aromatic N) is 1. The number of alkyl halides is 3. The molecule has 0 fully saturated rings. The third-order valence-electron chi connectivity index (χ3n) is 3.46. The first-order valence-electron chi connectivity index (χ1n) is 6.36. The van der Waals surface area contributed by atoms with E-state index in [1.54, 1.807) is 6.92 Å². The summed E-state index contributed by atoms with van der Waals surface area (Å²) in [6, 6.07) is 7.56. The van der Waals surface area contributed by atoms with Crippen molar-refractivity contribution in [3.8, 4) is 0 Å². The van der Waals surface area contributed by atoms with Crippen molar-refractivity contribution in [2.24, 2.45) is 5.73 Å². The molecule has 0 amide bonds. The highest BCUT2D eigenvalue weighted by atomic mass is 19.4. The predicted octanol–water partition coefficient (Wildman–Crippen LogP) is 3.85. The molecule has 1 aromatic heterocycles. The lowest BCUT2D eigenvalue weighted by Crippen LogP contribution is -2.40. The van der Waals surface area contributed by atoms with Gasteiger partial charge in [-0.25, -0.2) is 4.39 Å².